The first-order valence-electron chi connectivity index (χ1n) is 8.42. The number of nitrogens with zero attached hydrogens (tertiary/aromatic N) is 1. The van der Waals surface area contributed by atoms with Crippen LogP contribution in [-0.4, -0.2) is 54.5 Å². The first-order valence-corrected chi connectivity index (χ1v) is 8.42. The van der Waals surface area contributed by atoms with Crippen LogP contribution in [-0.2, 0) is 4.74 Å². The number of likely N-dealkylation sites (tertiary alicyclic amines) is 1. The fourth-order valence-corrected chi connectivity index (χ4v) is 3.74. The number of carbonyl (C=O) groups is 1. The predicted molar refractivity (Wildman–Crippen MR) is 82.1 cm³/mol. The second kappa shape index (κ2) is 7.99. The van der Waals surface area contributed by atoms with Gasteiger partial charge in [-0.25, -0.2) is 4.79 Å². The Bertz CT molecular complexity index is 337. The molecule has 2 fully saturated rings. The molecular formula is C16H30N2O3. The van der Waals surface area contributed by atoms with Crippen LogP contribution in [0.15, 0.2) is 0 Å². The number of aliphatic hydroxyl groups is 1. The van der Waals surface area contributed by atoms with E-state index in [-0.39, 0.29) is 18.7 Å². The summed E-state index contributed by atoms with van der Waals surface area (Å²) >= 11 is 0. The molecule has 4 unspecified atom stereocenters. The first-order chi connectivity index (χ1) is 10.1. The summed E-state index contributed by atoms with van der Waals surface area (Å²) in [5.41, 5.74) is 0. The maximum absolute atomic E-state index is 11.7. The quantitative estimate of drug-likeness (QED) is 0.787. The van der Waals surface area contributed by atoms with E-state index in [1.165, 1.54) is 12.8 Å². The Kier molecular flexibility index (Phi) is 6.30. The lowest BCUT2D eigenvalue weighted by atomic mass is 9.78. The summed E-state index contributed by atoms with van der Waals surface area (Å²) in [4.78, 5) is 14.2. The number of nitrogens with one attached hydrogen (secondary N) is 1. The molecule has 2 aliphatic rings. The van der Waals surface area contributed by atoms with Crippen molar-refractivity contribution < 1.29 is 14.6 Å². The van der Waals surface area contributed by atoms with Gasteiger partial charge in [0.05, 0.1) is 6.61 Å². The summed E-state index contributed by atoms with van der Waals surface area (Å²) in [6, 6.07) is 0.850. The average Bonchev–Trinajstić information content (AvgIpc) is 2.43. The predicted octanol–water partition coefficient (Wildman–Crippen LogP) is 1.99. The van der Waals surface area contributed by atoms with Gasteiger partial charge in [0.1, 0.15) is 0 Å². The van der Waals surface area contributed by atoms with Crippen molar-refractivity contribution in [3.8, 4) is 0 Å². The molecule has 0 aromatic heterocycles. The molecule has 122 valence electrons. The van der Waals surface area contributed by atoms with E-state index in [1.807, 2.05) is 6.92 Å². The number of amides is 1. The maximum atomic E-state index is 11.7. The molecule has 4 atom stereocenters. The van der Waals surface area contributed by atoms with Crippen LogP contribution in [0.2, 0.25) is 0 Å². The minimum atomic E-state index is -0.299. The zero-order chi connectivity index (χ0) is 15.2. The summed E-state index contributed by atoms with van der Waals surface area (Å²) < 4.78 is 5.01. The van der Waals surface area contributed by atoms with E-state index in [1.54, 1.807) is 0 Å². The Hall–Kier alpha value is -0.810. The molecule has 5 heteroatoms. The summed E-state index contributed by atoms with van der Waals surface area (Å²) in [6.07, 6.45) is 5.18. The summed E-state index contributed by atoms with van der Waals surface area (Å²) in [7, 11) is 0. The van der Waals surface area contributed by atoms with Gasteiger partial charge in [-0.3, -0.25) is 4.90 Å². The van der Waals surface area contributed by atoms with Gasteiger partial charge in [0.2, 0.25) is 0 Å². The summed E-state index contributed by atoms with van der Waals surface area (Å²) in [6.45, 7) is 6.85. The number of rotatable bonds is 6. The summed E-state index contributed by atoms with van der Waals surface area (Å²) in [5, 5.41) is 12.1. The van der Waals surface area contributed by atoms with Crippen molar-refractivity contribution in [2.24, 2.45) is 11.8 Å². The van der Waals surface area contributed by atoms with Crippen molar-refractivity contribution in [1.29, 1.82) is 0 Å². The number of hydrogen-bond acceptors (Lipinski definition) is 4. The van der Waals surface area contributed by atoms with Crippen LogP contribution < -0.4 is 5.32 Å². The van der Waals surface area contributed by atoms with Crippen LogP contribution in [0.5, 0.6) is 0 Å². The Morgan fingerprint density at radius 2 is 2.19 bits per heavy atom. The van der Waals surface area contributed by atoms with Gasteiger partial charge in [-0.2, -0.15) is 0 Å². The molecule has 21 heavy (non-hydrogen) atoms. The number of piperidine rings is 1. The van der Waals surface area contributed by atoms with Gasteiger partial charge in [-0.05, 0) is 50.9 Å². The average molecular weight is 298 g/mol. The fourth-order valence-electron chi connectivity index (χ4n) is 3.74. The SMILES string of the molecule is CCOC(=O)NC1CC(CCCO)CN(C2CCC2C)C1. The smallest absolute Gasteiger partial charge is 0.407 e. The molecule has 0 bridgehead atoms. The Labute approximate surface area is 128 Å². The van der Waals surface area contributed by atoms with Crippen LogP contribution in [0.25, 0.3) is 0 Å². The highest BCUT2D eigenvalue weighted by Gasteiger charge is 2.37. The van der Waals surface area contributed by atoms with Gasteiger partial charge in [0.15, 0.2) is 0 Å². The van der Waals surface area contributed by atoms with Gasteiger partial charge in [-0.1, -0.05) is 6.92 Å². The van der Waals surface area contributed by atoms with Crippen molar-refractivity contribution >= 4 is 6.09 Å². The molecule has 2 rings (SSSR count). The molecule has 0 radical (unpaired) electrons. The highest BCUT2D eigenvalue weighted by Crippen LogP contribution is 2.35. The van der Waals surface area contributed by atoms with E-state index in [0.29, 0.717) is 18.6 Å². The van der Waals surface area contributed by atoms with E-state index in [0.717, 1.165) is 38.3 Å². The van der Waals surface area contributed by atoms with E-state index in [9.17, 15) is 4.79 Å². The lowest BCUT2D eigenvalue weighted by Gasteiger charge is -2.48. The third-order valence-electron chi connectivity index (χ3n) is 4.98. The van der Waals surface area contributed by atoms with Crippen molar-refractivity contribution in [2.75, 3.05) is 26.3 Å². The molecule has 1 amide bonds. The molecular weight excluding hydrogens is 268 g/mol. The molecule has 1 aliphatic heterocycles. The zero-order valence-electron chi connectivity index (χ0n) is 13.4. The fraction of sp³-hybridized carbons (Fsp3) is 0.938. The standard InChI is InChI=1S/C16H30N2O3/c1-3-21-16(20)17-14-9-13(5-4-8-19)10-18(11-14)15-7-6-12(15)2/h12-15,19H,3-11H2,1-2H3,(H,17,20). The number of ether oxygens (including phenoxy) is 1. The van der Waals surface area contributed by atoms with Gasteiger partial charge in [-0.15, -0.1) is 0 Å². The van der Waals surface area contributed by atoms with Crippen LogP contribution >= 0.6 is 0 Å². The van der Waals surface area contributed by atoms with Crippen LogP contribution in [0.3, 0.4) is 0 Å². The van der Waals surface area contributed by atoms with Gasteiger partial charge in [0.25, 0.3) is 0 Å². The zero-order valence-corrected chi connectivity index (χ0v) is 13.4. The van der Waals surface area contributed by atoms with E-state index >= 15 is 0 Å². The van der Waals surface area contributed by atoms with Crippen LogP contribution in [0.1, 0.15) is 46.0 Å². The van der Waals surface area contributed by atoms with Crippen molar-refractivity contribution in [1.82, 2.24) is 10.2 Å². The van der Waals surface area contributed by atoms with Crippen LogP contribution in [0, 0.1) is 11.8 Å². The summed E-state index contributed by atoms with van der Waals surface area (Å²) in [5.74, 6) is 1.33. The lowest BCUT2D eigenvalue weighted by molar-refractivity contribution is 0.0194. The van der Waals surface area contributed by atoms with Crippen LogP contribution in [0.4, 0.5) is 4.79 Å². The van der Waals surface area contributed by atoms with Crippen molar-refractivity contribution in [3.05, 3.63) is 0 Å². The maximum Gasteiger partial charge on any atom is 0.407 e. The lowest BCUT2D eigenvalue weighted by Crippen LogP contribution is -2.57. The molecule has 1 heterocycles. The van der Waals surface area contributed by atoms with Gasteiger partial charge < -0.3 is 15.2 Å². The monoisotopic (exact) mass is 298 g/mol. The molecule has 2 N–H and O–H groups in total. The minimum absolute atomic E-state index is 0.175. The molecule has 5 nitrogen and oxygen atoms in total. The number of alkyl carbamates (subject to hydrolysis) is 1. The molecule has 1 saturated heterocycles. The Balaban J connectivity index is 1.91. The van der Waals surface area contributed by atoms with Crippen molar-refractivity contribution in [3.63, 3.8) is 0 Å². The largest absolute Gasteiger partial charge is 0.450 e. The number of aliphatic hydroxyl groups excluding tert-OH is 1. The van der Waals surface area contributed by atoms with Gasteiger partial charge in [0, 0.05) is 31.8 Å². The molecule has 0 aromatic rings. The molecule has 1 saturated carbocycles. The number of hydrogen-bond donors (Lipinski definition) is 2. The Morgan fingerprint density at radius 3 is 2.76 bits per heavy atom. The minimum Gasteiger partial charge on any atom is -0.450 e. The van der Waals surface area contributed by atoms with E-state index < -0.39 is 0 Å². The second-order valence-corrected chi connectivity index (χ2v) is 6.61. The molecule has 0 spiro atoms. The van der Waals surface area contributed by atoms with Crippen molar-refractivity contribution in [2.45, 2.75) is 58.0 Å². The normalized spacial score (nSPS) is 33.3. The Morgan fingerprint density at radius 1 is 1.38 bits per heavy atom. The van der Waals surface area contributed by atoms with E-state index in [2.05, 4.69) is 17.1 Å². The van der Waals surface area contributed by atoms with Gasteiger partial charge >= 0.3 is 6.09 Å². The number of carbonyl (C=O) groups excluding carboxylic acids is 1. The highest BCUT2D eigenvalue weighted by atomic mass is 16.5. The topological polar surface area (TPSA) is 61.8 Å². The first kappa shape index (κ1) is 16.6. The second-order valence-electron chi connectivity index (χ2n) is 6.61. The third-order valence-corrected chi connectivity index (χ3v) is 4.98. The highest BCUT2D eigenvalue weighted by molar-refractivity contribution is 5.67. The van der Waals surface area contributed by atoms with E-state index in [4.69, 9.17) is 9.84 Å². The molecule has 0 aromatic carbocycles. The molecule has 1 aliphatic carbocycles. The third kappa shape index (κ3) is 4.58.